The summed E-state index contributed by atoms with van der Waals surface area (Å²) in [6, 6.07) is 8.51. The molecule has 1 saturated heterocycles. The van der Waals surface area contributed by atoms with Crippen LogP contribution in [-0.4, -0.2) is 64.4 Å². The maximum Gasteiger partial charge on any atom is 0.233 e. The molecule has 1 aliphatic heterocycles. The maximum absolute atomic E-state index is 12.5. The smallest absolute Gasteiger partial charge is 0.233 e. The minimum absolute atomic E-state index is 0.186. The van der Waals surface area contributed by atoms with Crippen LogP contribution in [0.1, 0.15) is 18.1 Å². The molecule has 1 aromatic carbocycles. The van der Waals surface area contributed by atoms with E-state index in [9.17, 15) is 4.79 Å². The van der Waals surface area contributed by atoms with Crippen molar-refractivity contribution in [2.75, 3.05) is 43.8 Å². The van der Waals surface area contributed by atoms with Crippen LogP contribution in [0.5, 0.6) is 0 Å². The molecule has 2 heterocycles. The van der Waals surface area contributed by atoms with Gasteiger partial charge in [0.1, 0.15) is 0 Å². The van der Waals surface area contributed by atoms with E-state index < -0.39 is 0 Å². The van der Waals surface area contributed by atoms with Crippen molar-refractivity contribution in [2.24, 2.45) is 0 Å². The average molecular weight is 392 g/mol. The normalized spacial score (nSPS) is 15.2. The van der Waals surface area contributed by atoms with Crippen LogP contribution in [-0.2, 0) is 11.3 Å². The Labute approximate surface area is 163 Å². The predicted octanol–water partition coefficient (Wildman–Crippen LogP) is 2.71. The topological polar surface area (TPSA) is 61.4 Å². The first-order valence-corrected chi connectivity index (χ1v) is 10.7. The third kappa shape index (κ3) is 5.18. The second-order valence-corrected chi connectivity index (χ2v) is 8.48. The van der Waals surface area contributed by atoms with Gasteiger partial charge in [0, 0.05) is 39.3 Å². The van der Waals surface area contributed by atoms with Gasteiger partial charge in [0.05, 0.1) is 5.75 Å². The number of nitrogens with one attached hydrogen (secondary N) is 1. The summed E-state index contributed by atoms with van der Waals surface area (Å²) in [4.78, 5) is 16.8. The zero-order valence-electron chi connectivity index (χ0n) is 15.3. The number of benzene rings is 1. The fourth-order valence-electron chi connectivity index (χ4n) is 2.89. The van der Waals surface area contributed by atoms with Gasteiger partial charge in [-0.05, 0) is 25.0 Å². The lowest BCUT2D eigenvalue weighted by Crippen LogP contribution is -2.48. The molecule has 0 spiro atoms. The Bertz CT molecular complexity index is 728. The quantitative estimate of drug-likeness (QED) is 0.733. The summed E-state index contributed by atoms with van der Waals surface area (Å²) in [5.74, 6) is 0.615. The molecule has 6 nitrogen and oxygen atoms in total. The Morgan fingerprint density at radius 1 is 1.23 bits per heavy atom. The van der Waals surface area contributed by atoms with Gasteiger partial charge in [-0.2, -0.15) is 0 Å². The van der Waals surface area contributed by atoms with Gasteiger partial charge in [-0.25, -0.2) is 0 Å². The van der Waals surface area contributed by atoms with Gasteiger partial charge in [0.15, 0.2) is 4.34 Å². The minimum atomic E-state index is 0.186. The molecule has 2 aromatic rings. The van der Waals surface area contributed by atoms with Crippen LogP contribution in [0.2, 0.25) is 0 Å². The van der Waals surface area contributed by atoms with E-state index in [1.54, 1.807) is 0 Å². The number of anilines is 1. The van der Waals surface area contributed by atoms with E-state index in [0.29, 0.717) is 5.75 Å². The molecule has 1 aromatic heterocycles. The van der Waals surface area contributed by atoms with E-state index in [0.717, 1.165) is 48.7 Å². The highest BCUT2D eigenvalue weighted by atomic mass is 32.2. The molecule has 1 aliphatic rings. The zero-order chi connectivity index (χ0) is 18.4. The lowest BCUT2D eigenvalue weighted by molar-refractivity contribution is -0.130. The molecule has 0 aliphatic carbocycles. The van der Waals surface area contributed by atoms with Gasteiger partial charge >= 0.3 is 0 Å². The van der Waals surface area contributed by atoms with Crippen molar-refractivity contribution in [1.82, 2.24) is 20.0 Å². The first-order valence-electron chi connectivity index (χ1n) is 8.90. The zero-order valence-corrected chi connectivity index (χ0v) is 16.9. The molecule has 1 N–H and O–H groups in total. The number of thioether (sulfide) groups is 1. The lowest BCUT2D eigenvalue weighted by atomic mass is 10.1. The van der Waals surface area contributed by atoms with Crippen LogP contribution in [0.25, 0.3) is 0 Å². The second-order valence-electron chi connectivity index (χ2n) is 6.28. The van der Waals surface area contributed by atoms with Crippen LogP contribution in [0.3, 0.4) is 0 Å². The molecule has 0 unspecified atom stereocenters. The van der Waals surface area contributed by atoms with Gasteiger partial charge in [-0.3, -0.25) is 9.69 Å². The van der Waals surface area contributed by atoms with E-state index >= 15 is 0 Å². The Morgan fingerprint density at radius 3 is 2.73 bits per heavy atom. The number of amides is 1. The summed E-state index contributed by atoms with van der Waals surface area (Å²) in [5.41, 5.74) is 2.70. The van der Waals surface area contributed by atoms with Gasteiger partial charge in [-0.1, -0.05) is 47.4 Å². The molecular weight excluding hydrogens is 366 g/mol. The van der Waals surface area contributed by atoms with Crippen molar-refractivity contribution in [2.45, 2.75) is 24.7 Å². The molecule has 1 fully saturated rings. The fraction of sp³-hybridized carbons (Fsp3) is 0.500. The van der Waals surface area contributed by atoms with Crippen LogP contribution in [0.15, 0.2) is 28.6 Å². The number of piperazine rings is 1. The molecular formula is C18H25N5OS2. The van der Waals surface area contributed by atoms with Gasteiger partial charge in [0.2, 0.25) is 11.0 Å². The van der Waals surface area contributed by atoms with Crippen LogP contribution < -0.4 is 5.32 Å². The van der Waals surface area contributed by atoms with Crippen molar-refractivity contribution in [1.29, 1.82) is 0 Å². The van der Waals surface area contributed by atoms with Crippen molar-refractivity contribution < 1.29 is 4.79 Å². The van der Waals surface area contributed by atoms with Crippen molar-refractivity contribution in [3.63, 3.8) is 0 Å². The third-order valence-electron chi connectivity index (χ3n) is 4.43. The Balaban J connectivity index is 1.42. The summed E-state index contributed by atoms with van der Waals surface area (Å²) in [6.45, 7) is 9.40. The monoisotopic (exact) mass is 391 g/mol. The van der Waals surface area contributed by atoms with E-state index in [4.69, 9.17) is 0 Å². The first kappa shape index (κ1) is 19.1. The molecule has 26 heavy (non-hydrogen) atoms. The fourth-order valence-corrected chi connectivity index (χ4v) is 4.61. The van der Waals surface area contributed by atoms with E-state index in [2.05, 4.69) is 51.6 Å². The number of nitrogens with zero attached hydrogens (tertiary/aromatic N) is 4. The number of hydrogen-bond acceptors (Lipinski definition) is 7. The highest BCUT2D eigenvalue weighted by Crippen LogP contribution is 2.25. The summed E-state index contributed by atoms with van der Waals surface area (Å²) >= 11 is 2.97. The molecule has 1 amide bonds. The first-order chi connectivity index (χ1) is 12.7. The van der Waals surface area contributed by atoms with Crippen molar-refractivity contribution in [3.05, 3.63) is 35.4 Å². The van der Waals surface area contributed by atoms with Crippen molar-refractivity contribution >= 4 is 34.1 Å². The Morgan fingerprint density at radius 2 is 2.00 bits per heavy atom. The Kier molecular flexibility index (Phi) is 6.87. The van der Waals surface area contributed by atoms with Crippen LogP contribution in [0.4, 0.5) is 5.13 Å². The van der Waals surface area contributed by atoms with E-state index in [-0.39, 0.29) is 5.91 Å². The standard InChI is InChI=1S/C18H25N5OS2/c1-3-19-17-20-21-18(26-17)25-13-16(24)23-10-8-22(9-11-23)12-15-7-5-4-6-14(15)2/h4-7H,3,8-13H2,1-2H3,(H,19,20). The molecule has 0 bridgehead atoms. The lowest BCUT2D eigenvalue weighted by Gasteiger charge is -2.35. The predicted molar refractivity (Wildman–Crippen MR) is 108 cm³/mol. The van der Waals surface area contributed by atoms with E-state index in [1.165, 1.54) is 34.2 Å². The summed E-state index contributed by atoms with van der Waals surface area (Å²) < 4.78 is 0.840. The minimum Gasteiger partial charge on any atom is -0.360 e. The second kappa shape index (κ2) is 9.34. The van der Waals surface area contributed by atoms with E-state index in [1.807, 2.05) is 11.8 Å². The van der Waals surface area contributed by atoms with Gasteiger partial charge < -0.3 is 10.2 Å². The molecule has 3 rings (SSSR count). The molecule has 140 valence electrons. The third-order valence-corrected chi connectivity index (χ3v) is 6.43. The van der Waals surface area contributed by atoms with Crippen LogP contribution >= 0.6 is 23.1 Å². The highest BCUT2D eigenvalue weighted by molar-refractivity contribution is 8.01. The average Bonchev–Trinajstić information content (AvgIpc) is 3.10. The number of carbonyl (C=O) groups excluding carboxylic acids is 1. The summed E-state index contributed by atoms with van der Waals surface area (Å²) in [5, 5.41) is 12.1. The number of aromatic nitrogens is 2. The van der Waals surface area contributed by atoms with Crippen LogP contribution in [0, 0.1) is 6.92 Å². The SMILES string of the molecule is CCNc1nnc(SCC(=O)N2CCN(Cc3ccccc3C)CC2)s1. The number of carbonyl (C=O) groups is 1. The Hall–Kier alpha value is -1.64. The van der Waals surface area contributed by atoms with Crippen molar-refractivity contribution in [3.8, 4) is 0 Å². The maximum atomic E-state index is 12.5. The van der Waals surface area contributed by atoms with Gasteiger partial charge in [-0.15, -0.1) is 10.2 Å². The molecule has 0 atom stereocenters. The summed E-state index contributed by atoms with van der Waals surface area (Å²) in [7, 11) is 0. The number of aryl methyl sites for hydroxylation is 1. The number of hydrogen-bond donors (Lipinski definition) is 1. The molecule has 0 saturated carbocycles. The molecule has 0 radical (unpaired) electrons. The summed E-state index contributed by atoms with van der Waals surface area (Å²) in [6.07, 6.45) is 0. The highest BCUT2D eigenvalue weighted by Gasteiger charge is 2.21. The largest absolute Gasteiger partial charge is 0.360 e. The number of rotatable bonds is 7. The molecule has 8 heteroatoms. The van der Waals surface area contributed by atoms with Gasteiger partial charge in [0.25, 0.3) is 0 Å².